The van der Waals surface area contributed by atoms with E-state index in [0.29, 0.717) is 28.8 Å². The summed E-state index contributed by atoms with van der Waals surface area (Å²) in [6.45, 7) is 4.30. The maximum atomic E-state index is 12.7. The zero-order chi connectivity index (χ0) is 17.8. The Morgan fingerprint density at radius 2 is 2.16 bits per heavy atom. The summed E-state index contributed by atoms with van der Waals surface area (Å²) in [4.78, 5) is 16.9. The molecular formula is C17H19ClN4O2S. The van der Waals surface area contributed by atoms with Crippen molar-refractivity contribution in [2.45, 2.75) is 19.9 Å². The van der Waals surface area contributed by atoms with Gasteiger partial charge in [-0.3, -0.25) is 0 Å². The topological polar surface area (TPSA) is 69.0 Å². The molecule has 1 atom stereocenters. The SMILES string of the molecule is CCSCCOC(=O)C1=C(C)Nc2ncnn2[C@@H]1c1ccc(Cl)cc1. The van der Waals surface area contributed by atoms with Gasteiger partial charge < -0.3 is 10.1 Å². The third-order valence-corrected chi connectivity index (χ3v) is 4.98. The van der Waals surface area contributed by atoms with E-state index >= 15 is 0 Å². The predicted molar refractivity (Wildman–Crippen MR) is 99.9 cm³/mol. The van der Waals surface area contributed by atoms with Crippen LogP contribution in [0.5, 0.6) is 0 Å². The van der Waals surface area contributed by atoms with Crippen molar-refractivity contribution in [2.75, 3.05) is 23.4 Å². The normalized spacial score (nSPS) is 16.4. The average Bonchev–Trinajstić information content (AvgIpc) is 3.06. The number of fused-ring (bicyclic) bond motifs is 1. The zero-order valence-electron chi connectivity index (χ0n) is 14.0. The van der Waals surface area contributed by atoms with Crippen LogP contribution in [0.15, 0.2) is 41.9 Å². The van der Waals surface area contributed by atoms with Gasteiger partial charge in [0.1, 0.15) is 19.0 Å². The predicted octanol–water partition coefficient (Wildman–Crippen LogP) is 3.52. The number of hydrogen-bond acceptors (Lipinski definition) is 6. The minimum Gasteiger partial charge on any atom is -0.461 e. The Morgan fingerprint density at radius 1 is 1.40 bits per heavy atom. The summed E-state index contributed by atoms with van der Waals surface area (Å²) in [6, 6.07) is 6.97. The number of carbonyl (C=O) groups excluding carboxylic acids is 1. The summed E-state index contributed by atoms with van der Waals surface area (Å²) in [5, 5.41) is 8.04. The third kappa shape index (κ3) is 3.82. The van der Waals surface area contributed by atoms with Crippen LogP contribution in [0.3, 0.4) is 0 Å². The first kappa shape index (κ1) is 17.8. The van der Waals surface area contributed by atoms with Crippen LogP contribution in [0.25, 0.3) is 0 Å². The molecule has 0 spiro atoms. The van der Waals surface area contributed by atoms with Gasteiger partial charge in [0.15, 0.2) is 0 Å². The lowest BCUT2D eigenvalue weighted by Crippen LogP contribution is -2.30. The third-order valence-electron chi connectivity index (χ3n) is 3.86. The minimum atomic E-state index is -0.401. The number of nitrogens with zero attached hydrogens (tertiary/aromatic N) is 3. The van der Waals surface area contributed by atoms with E-state index in [1.165, 1.54) is 6.33 Å². The van der Waals surface area contributed by atoms with Crippen LogP contribution >= 0.6 is 23.4 Å². The van der Waals surface area contributed by atoms with Crippen LogP contribution in [0, 0.1) is 0 Å². The van der Waals surface area contributed by atoms with E-state index in [1.54, 1.807) is 28.6 Å². The van der Waals surface area contributed by atoms with Crippen LogP contribution in [0.2, 0.25) is 5.02 Å². The lowest BCUT2D eigenvalue weighted by molar-refractivity contribution is -0.138. The molecule has 6 nitrogen and oxygen atoms in total. The molecule has 1 aliphatic heterocycles. The minimum absolute atomic E-state index is 0.345. The van der Waals surface area contributed by atoms with Crippen LogP contribution in [-0.4, -0.2) is 38.8 Å². The van der Waals surface area contributed by atoms with Crippen LogP contribution in [0.4, 0.5) is 5.95 Å². The summed E-state index contributed by atoms with van der Waals surface area (Å²) in [5.41, 5.74) is 2.14. The molecule has 0 amide bonds. The molecule has 132 valence electrons. The maximum absolute atomic E-state index is 12.7. The maximum Gasteiger partial charge on any atom is 0.338 e. The summed E-state index contributed by atoms with van der Waals surface area (Å²) >= 11 is 7.74. The smallest absolute Gasteiger partial charge is 0.338 e. The largest absolute Gasteiger partial charge is 0.461 e. The molecule has 3 rings (SSSR count). The molecule has 0 fully saturated rings. The van der Waals surface area contributed by atoms with Gasteiger partial charge in [-0.1, -0.05) is 30.7 Å². The van der Waals surface area contributed by atoms with Gasteiger partial charge in [0, 0.05) is 16.5 Å². The van der Waals surface area contributed by atoms with E-state index in [2.05, 4.69) is 22.3 Å². The van der Waals surface area contributed by atoms with Crippen LogP contribution < -0.4 is 5.32 Å². The number of thioether (sulfide) groups is 1. The summed E-state index contributed by atoms with van der Waals surface area (Å²) in [7, 11) is 0. The Balaban J connectivity index is 1.92. The fourth-order valence-electron chi connectivity index (χ4n) is 2.72. The van der Waals surface area contributed by atoms with Crippen molar-refractivity contribution < 1.29 is 9.53 Å². The second kappa shape index (κ2) is 7.93. The molecule has 1 aromatic carbocycles. The van der Waals surface area contributed by atoms with Gasteiger partial charge in [-0.15, -0.1) is 0 Å². The van der Waals surface area contributed by atoms with Crippen LogP contribution in [0.1, 0.15) is 25.5 Å². The number of ether oxygens (including phenoxy) is 1. The fourth-order valence-corrected chi connectivity index (χ4v) is 3.34. The number of nitrogens with one attached hydrogen (secondary N) is 1. The molecule has 25 heavy (non-hydrogen) atoms. The van der Waals surface area contributed by atoms with Gasteiger partial charge in [-0.25, -0.2) is 9.48 Å². The molecular weight excluding hydrogens is 360 g/mol. The Bertz CT molecular complexity index is 788. The molecule has 2 aromatic rings. The molecule has 8 heteroatoms. The number of esters is 1. The molecule has 0 saturated heterocycles. The van der Waals surface area contributed by atoms with Crippen LogP contribution in [-0.2, 0) is 9.53 Å². The molecule has 0 radical (unpaired) electrons. The van der Waals surface area contributed by atoms with Gasteiger partial charge in [0.05, 0.1) is 5.57 Å². The molecule has 0 aliphatic carbocycles. The number of hydrogen-bond donors (Lipinski definition) is 1. The van der Waals surface area contributed by atoms with Crippen molar-refractivity contribution in [1.29, 1.82) is 0 Å². The fraction of sp³-hybridized carbons (Fsp3) is 0.353. The van der Waals surface area contributed by atoms with Gasteiger partial charge in [0.25, 0.3) is 0 Å². The first-order chi connectivity index (χ1) is 12.1. The van der Waals surface area contributed by atoms with E-state index < -0.39 is 6.04 Å². The standard InChI is InChI=1S/C17H19ClN4O2S/c1-3-25-9-8-24-16(23)14-11(2)21-17-19-10-20-22(17)15(14)12-4-6-13(18)7-5-12/h4-7,10,15H,3,8-9H2,1-2H3,(H,19,20,21)/t15-/m1/s1. The number of carbonyl (C=O) groups is 1. The lowest BCUT2D eigenvalue weighted by atomic mass is 9.96. The summed E-state index contributed by atoms with van der Waals surface area (Å²) < 4.78 is 7.16. The molecule has 0 saturated carbocycles. The monoisotopic (exact) mass is 378 g/mol. The molecule has 0 bridgehead atoms. The Labute approximate surface area is 155 Å². The summed E-state index contributed by atoms with van der Waals surface area (Å²) in [5.74, 6) is 2.02. The van der Waals surface area contributed by atoms with Crippen molar-refractivity contribution in [1.82, 2.24) is 14.8 Å². The first-order valence-corrected chi connectivity index (χ1v) is 9.52. The van der Waals surface area contributed by atoms with Gasteiger partial charge in [-0.2, -0.15) is 21.8 Å². The second-order valence-corrected chi connectivity index (χ2v) is 7.31. The first-order valence-electron chi connectivity index (χ1n) is 7.99. The Kier molecular flexibility index (Phi) is 5.65. The highest BCUT2D eigenvalue weighted by Crippen LogP contribution is 2.35. The van der Waals surface area contributed by atoms with Gasteiger partial charge >= 0.3 is 5.97 Å². The van der Waals surface area contributed by atoms with Gasteiger partial charge in [-0.05, 0) is 30.4 Å². The molecule has 1 aliphatic rings. The summed E-state index contributed by atoms with van der Waals surface area (Å²) in [6.07, 6.45) is 1.46. The molecule has 1 N–H and O–H groups in total. The number of allylic oxidation sites excluding steroid dienone is 1. The number of benzene rings is 1. The van der Waals surface area contributed by atoms with E-state index in [-0.39, 0.29) is 5.97 Å². The lowest BCUT2D eigenvalue weighted by Gasteiger charge is -2.28. The molecule has 2 heterocycles. The van der Waals surface area contributed by atoms with E-state index in [4.69, 9.17) is 16.3 Å². The quantitative estimate of drug-likeness (QED) is 0.612. The number of anilines is 1. The van der Waals surface area contributed by atoms with E-state index in [0.717, 1.165) is 17.1 Å². The number of aromatic nitrogens is 3. The highest BCUT2D eigenvalue weighted by molar-refractivity contribution is 7.99. The van der Waals surface area contributed by atoms with Crippen molar-refractivity contribution in [3.8, 4) is 0 Å². The number of rotatable bonds is 6. The molecule has 0 unspecified atom stereocenters. The Morgan fingerprint density at radius 3 is 2.88 bits per heavy atom. The van der Waals surface area contributed by atoms with Crippen molar-refractivity contribution in [3.63, 3.8) is 0 Å². The average molecular weight is 379 g/mol. The van der Waals surface area contributed by atoms with Crippen molar-refractivity contribution in [3.05, 3.63) is 52.4 Å². The van der Waals surface area contributed by atoms with Crippen molar-refractivity contribution >= 4 is 35.3 Å². The van der Waals surface area contributed by atoms with Crippen molar-refractivity contribution in [2.24, 2.45) is 0 Å². The molecule has 1 aromatic heterocycles. The second-order valence-electron chi connectivity index (χ2n) is 5.48. The number of halogens is 1. The van der Waals surface area contributed by atoms with E-state index in [1.807, 2.05) is 19.1 Å². The zero-order valence-corrected chi connectivity index (χ0v) is 15.6. The highest BCUT2D eigenvalue weighted by atomic mass is 35.5. The van der Waals surface area contributed by atoms with Gasteiger partial charge in [0.2, 0.25) is 5.95 Å². The van der Waals surface area contributed by atoms with E-state index in [9.17, 15) is 4.79 Å². The Hall–Kier alpha value is -1.99. The highest BCUT2D eigenvalue weighted by Gasteiger charge is 2.34.